The van der Waals surface area contributed by atoms with E-state index in [0.717, 1.165) is 12.1 Å². The van der Waals surface area contributed by atoms with Crippen LogP contribution in [-0.4, -0.2) is 59.3 Å². The van der Waals surface area contributed by atoms with Crippen molar-refractivity contribution in [3.05, 3.63) is 76.1 Å². The number of morpholine rings is 1. The lowest BCUT2D eigenvalue weighted by molar-refractivity contribution is -0.143. The molecule has 2 atom stereocenters. The molecule has 0 radical (unpaired) electrons. The molecule has 2 aromatic carbocycles. The third-order valence-corrected chi connectivity index (χ3v) is 8.90. The summed E-state index contributed by atoms with van der Waals surface area (Å²) in [5.74, 6) is -1.73. The lowest BCUT2D eigenvalue weighted by Gasteiger charge is -2.41. The number of aliphatic carboxylic acids is 1. The number of carbonyl (C=O) groups excluding carboxylic acids is 1. The maximum absolute atomic E-state index is 13.9. The van der Waals surface area contributed by atoms with Crippen molar-refractivity contribution >= 4 is 29.2 Å². The highest BCUT2D eigenvalue weighted by Gasteiger charge is 2.40. The lowest BCUT2D eigenvalue weighted by atomic mass is 9.88. The second kappa shape index (κ2) is 15.2. The largest absolute Gasteiger partial charge is 0.481 e. The van der Waals surface area contributed by atoms with Gasteiger partial charge < -0.3 is 25.0 Å². The SMILES string of the molecule is CC[C@@H]1C[C@H](Nc2ncc(N3CCOCC3)c(Cc3cc(C(F)(F)F)cc(C(F)(F)F)c3)n2)c2cc(C(F)(F)F)ccc2N1C(=O)CCCC(=O)O. The molecule has 1 amide bonds. The molecule has 2 N–H and O–H groups in total. The van der Waals surface area contributed by atoms with Crippen LogP contribution in [-0.2, 0) is 39.3 Å². The van der Waals surface area contributed by atoms with Gasteiger partial charge in [0.05, 0.1) is 53.5 Å². The van der Waals surface area contributed by atoms with Crippen molar-refractivity contribution in [1.82, 2.24) is 9.97 Å². The van der Waals surface area contributed by atoms with E-state index in [2.05, 4.69) is 15.3 Å². The Morgan fingerprint density at radius 1 is 0.885 bits per heavy atom. The molecule has 1 fully saturated rings. The number of ether oxygens (including phenoxy) is 1. The average Bonchev–Trinajstić information content (AvgIpc) is 3.07. The summed E-state index contributed by atoms with van der Waals surface area (Å²) in [6.07, 6.45) is -14.0. The van der Waals surface area contributed by atoms with E-state index in [0.29, 0.717) is 37.3 Å². The maximum atomic E-state index is 13.9. The predicted molar refractivity (Wildman–Crippen MR) is 170 cm³/mol. The quantitative estimate of drug-likeness (QED) is 0.202. The number of carbonyl (C=O) groups is 2. The minimum absolute atomic E-state index is 0.0151. The number of benzene rings is 2. The first-order valence-corrected chi connectivity index (χ1v) is 16.3. The number of alkyl halides is 9. The Hall–Kier alpha value is -4.61. The van der Waals surface area contributed by atoms with Crippen LogP contribution in [0.3, 0.4) is 0 Å². The number of halogens is 9. The summed E-state index contributed by atoms with van der Waals surface area (Å²) in [7, 11) is 0. The third kappa shape index (κ3) is 9.05. The third-order valence-electron chi connectivity index (χ3n) is 8.90. The van der Waals surface area contributed by atoms with Crippen LogP contribution >= 0.6 is 0 Å². The highest BCUT2D eigenvalue weighted by molar-refractivity contribution is 5.95. The van der Waals surface area contributed by atoms with Crippen LogP contribution in [0.5, 0.6) is 0 Å². The van der Waals surface area contributed by atoms with E-state index in [1.54, 1.807) is 11.8 Å². The summed E-state index contributed by atoms with van der Waals surface area (Å²) in [5.41, 5.74) is -3.70. The number of fused-ring (bicyclic) bond motifs is 1. The number of hydrogen-bond acceptors (Lipinski definition) is 7. The normalized spacial score (nSPS) is 18.3. The van der Waals surface area contributed by atoms with Crippen molar-refractivity contribution in [2.24, 2.45) is 0 Å². The van der Waals surface area contributed by atoms with Crippen LogP contribution < -0.4 is 15.1 Å². The molecule has 3 heterocycles. The number of nitrogens with one attached hydrogen (secondary N) is 1. The number of carboxylic acids is 1. The Bertz CT molecular complexity index is 1740. The van der Waals surface area contributed by atoms with Crippen molar-refractivity contribution in [2.45, 2.75) is 76.1 Å². The molecule has 0 spiro atoms. The van der Waals surface area contributed by atoms with Gasteiger partial charge in [0, 0.05) is 44.1 Å². The zero-order valence-electron chi connectivity index (χ0n) is 27.6. The first-order chi connectivity index (χ1) is 24.3. The Balaban J connectivity index is 1.55. The fraction of sp³-hybridized carbons (Fsp3) is 0.471. The number of nitrogens with zero attached hydrogens (tertiary/aromatic N) is 4. The van der Waals surface area contributed by atoms with Crippen molar-refractivity contribution in [2.75, 3.05) is 41.4 Å². The molecule has 3 aromatic rings. The number of anilines is 3. The topological polar surface area (TPSA) is 108 Å². The van der Waals surface area contributed by atoms with Gasteiger partial charge in [0.1, 0.15) is 0 Å². The Labute approximate surface area is 291 Å². The number of carboxylic acid groups (broad SMARTS) is 1. The summed E-state index contributed by atoms with van der Waals surface area (Å²) in [4.78, 5) is 36.4. The van der Waals surface area contributed by atoms with Gasteiger partial charge >= 0.3 is 24.5 Å². The first-order valence-electron chi connectivity index (χ1n) is 16.3. The minimum atomic E-state index is -5.08. The Morgan fingerprint density at radius 3 is 2.10 bits per heavy atom. The summed E-state index contributed by atoms with van der Waals surface area (Å²) >= 11 is 0. The van der Waals surface area contributed by atoms with Crippen LogP contribution in [0.15, 0.2) is 42.6 Å². The summed E-state index contributed by atoms with van der Waals surface area (Å²) in [6.45, 7) is 2.98. The second-order valence-corrected chi connectivity index (χ2v) is 12.5. The van der Waals surface area contributed by atoms with E-state index in [4.69, 9.17) is 9.84 Å². The molecule has 9 nitrogen and oxygen atoms in total. The molecule has 0 bridgehead atoms. The standard InChI is InChI=1S/C34H34F9N5O4/c1-2-23-17-25(24-16-20(32(35,36)37)6-7-27(24)48(23)29(49)4-3-5-30(50)51)45-31-44-18-28(47-8-10-52-11-9-47)26(46-31)14-19-12-21(33(38,39)40)15-22(13-19)34(41,42)43/h6-7,12-13,15-16,18,23,25H,2-5,8-11,14,17H2,1H3,(H,50,51)(H,44,45,46)/t23-,25+/m1/s1. The van der Waals surface area contributed by atoms with Crippen LogP contribution in [0.4, 0.5) is 56.8 Å². The van der Waals surface area contributed by atoms with Gasteiger partial charge in [-0.2, -0.15) is 39.5 Å². The summed E-state index contributed by atoms with van der Waals surface area (Å²) in [6, 6.07) is 2.68. The lowest BCUT2D eigenvalue weighted by Crippen LogP contribution is -2.45. The average molecular weight is 748 g/mol. The molecule has 0 saturated carbocycles. The molecule has 1 aromatic heterocycles. The molecule has 18 heteroatoms. The fourth-order valence-corrected chi connectivity index (χ4v) is 6.42. The molecule has 282 valence electrons. The molecule has 0 unspecified atom stereocenters. The number of hydrogen-bond donors (Lipinski definition) is 2. The zero-order chi connectivity index (χ0) is 38.0. The van der Waals surface area contributed by atoms with Crippen LogP contribution in [0.1, 0.15) is 78.6 Å². The van der Waals surface area contributed by atoms with Crippen molar-refractivity contribution in [3.8, 4) is 0 Å². The smallest absolute Gasteiger partial charge is 0.416 e. The van der Waals surface area contributed by atoms with E-state index in [-0.39, 0.29) is 73.4 Å². The molecule has 2 aliphatic rings. The zero-order valence-corrected chi connectivity index (χ0v) is 27.6. The van der Waals surface area contributed by atoms with Crippen molar-refractivity contribution in [3.63, 3.8) is 0 Å². The molecule has 2 aliphatic heterocycles. The number of aromatic nitrogens is 2. The maximum Gasteiger partial charge on any atom is 0.416 e. The van der Waals surface area contributed by atoms with Gasteiger partial charge in [-0.25, -0.2) is 9.97 Å². The molecular formula is C34H34F9N5O4. The van der Waals surface area contributed by atoms with Gasteiger partial charge in [-0.1, -0.05) is 6.92 Å². The molecular weight excluding hydrogens is 713 g/mol. The van der Waals surface area contributed by atoms with E-state index >= 15 is 0 Å². The summed E-state index contributed by atoms with van der Waals surface area (Å²) in [5, 5.41) is 12.0. The van der Waals surface area contributed by atoms with Gasteiger partial charge in [0.15, 0.2) is 0 Å². The van der Waals surface area contributed by atoms with Crippen molar-refractivity contribution < 1.29 is 58.9 Å². The van der Waals surface area contributed by atoms with Gasteiger partial charge in [-0.15, -0.1) is 0 Å². The van der Waals surface area contributed by atoms with Gasteiger partial charge in [-0.3, -0.25) is 9.59 Å². The monoisotopic (exact) mass is 747 g/mol. The van der Waals surface area contributed by atoms with Crippen molar-refractivity contribution in [1.29, 1.82) is 0 Å². The van der Waals surface area contributed by atoms with E-state index < -0.39 is 65.6 Å². The van der Waals surface area contributed by atoms with Crippen LogP contribution in [0.2, 0.25) is 0 Å². The Kier molecular flexibility index (Phi) is 11.3. The molecule has 52 heavy (non-hydrogen) atoms. The van der Waals surface area contributed by atoms with Crippen LogP contribution in [0.25, 0.3) is 0 Å². The molecule has 1 saturated heterocycles. The second-order valence-electron chi connectivity index (χ2n) is 12.5. The predicted octanol–water partition coefficient (Wildman–Crippen LogP) is 7.88. The van der Waals surface area contributed by atoms with Gasteiger partial charge in [-0.05, 0) is 66.8 Å². The first kappa shape index (κ1) is 38.6. The van der Waals surface area contributed by atoms with E-state index in [1.165, 1.54) is 17.2 Å². The van der Waals surface area contributed by atoms with E-state index in [1.807, 2.05) is 0 Å². The molecule has 5 rings (SSSR count). The minimum Gasteiger partial charge on any atom is -0.481 e. The fourth-order valence-electron chi connectivity index (χ4n) is 6.42. The van der Waals surface area contributed by atoms with Gasteiger partial charge in [0.2, 0.25) is 11.9 Å². The van der Waals surface area contributed by atoms with Gasteiger partial charge in [0.25, 0.3) is 0 Å². The highest BCUT2D eigenvalue weighted by Crippen LogP contribution is 2.43. The highest BCUT2D eigenvalue weighted by atomic mass is 19.4. The number of amides is 1. The Morgan fingerprint density at radius 2 is 1.52 bits per heavy atom. The number of rotatable bonds is 10. The molecule has 0 aliphatic carbocycles. The van der Waals surface area contributed by atoms with Crippen LogP contribution in [0, 0.1) is 0 Å². The van der Waals surface area contributed by atoms with E-state index in [9.17, 15) is 49.1 Å². The summed E-state index contributed by atoms with van der Waals surface area (Å²) < 4.78 is 129.